The molecule has 0 radical (unpaired) electrons. The molecule has 0 atom stereocenters. The average molecular weight is 451 g/mol. The van der Waals surface area contributed by atoms with Crippen LogP contribution in [0.1, 0.15) is 15.9 Å². The monoisotopic (exact) mass is 451 g/mol. The van der Waals surface area contributed by atoms with Gasteiger partial charge in [0.25, 0.3) is 21.5 Å². The van der Waals surface area contributed by atoms with Gasteiger partial charge >= 0.3 is 0 Å². The van der Waals surface area contributed by atoms with Gasteiger partial charge in [-0.3, -0.25) is 9.59 Å². The van der Waals surface area contributed by atoms with Crippen LogP contribution >= 0.6 is 0 Å². The van der Waals surface area contributed by atoms with E-state index in [1.807, 2.05) is 0 Å². The van der Waals surface area contributed by atoms with Gasteiger partial charge in [0.1, 0.15) is 17.0 Å². The third kappa shape index (κ3) is 3.94. The summed E-state index contributed by atoms with van der Waals surface area (Å²) in [6.07, 6.45) is 2.65. The number of primary sulfonamides is 1. The van der Waals surface area contributed by atoms with Gasteiger partial charge in [0.05, 0.1) is 17.6 Å². The number of aromatic nitrogens is 3. The van der Waals surface area contributed by atoms with Crippen molar-refractivity contribution in [1.29, 1.82) is 0 Å². The van der Waals surface area contributed by atoms with E-state index in [9.17, 15) is 23.1 Å². The molecule has 0 saturated heterocycles. The first-order valence-electron chi connectivity index (χ1n) is 9.31. The number of nitrogens with zero attached hydrogens (tertiary/aromatic N) is 3. The van der Waals surface area contributed by atoms with Crippen LogP contribution in [0.15, 0.2) is 76.8 Å². The molecule has 4 aromatic rings. The van der Waals surface area contributed by atoms with Crippen LogP contribution in [-0.4, -0.2) is 34.4 Å². The number of hydrogen-bond donors (Lipinski definition) is 3. The Morgan fingerprint density at radius 2 is 1.72 bits per heavy atom. The van der Waals surface area contributed by atoms with Crippen molar-refractivity contribution < 1.29 is 18.3 Å². The van der Waals surface area contributed by atoms with Crippen molar-refractivity contribution in [2.45, 2.75) is 11.6 Å². The minimum Gasteiger partial charge on any atom is -0.506 e. The second kappa shape index (κ2) is 8.21. The summed E-state index contributed by atoms with van der Waals surface area (Å²) >= 11 is 0. The minimum absolute atomic E-state index is 0.104. The number of amides is 1. The zero-order valence-corrected chi connectivity index (χ0v) is 17.3. The maximum absolute atomic E-state index is 13.6. The van der Waals surface area contributed by atoms with Crippen LogP contribution in [0.4, 0.5) is 5.69 Å². The predicted molar refractivity (Wildman–Crippen MR) is 117 cm³/mol. The number of hydrogen-bond acceptors (Lipinski definition) is 7. The molecule has 4 N–H and O–H groups in total. The van der Waals surface area contributed by atoms with Crippen molar-refractivity contribution in [2.75, 3.05) is 4.90 Å². The Labute approximate surface area is 182 Å². The van der Waals surface area contributed by atoms with Crippen LogP contribution in [0.3, 0.4) is 0 Å². The molecule has 0 fully saturated rings. The zero-order valence-electron chi connectivity index (χ0n) is 16.5. The first-order chi connectivity index (χ1) is 15.3. The fourth-order valence-electron chi connectivity index (χ4n) is 3.28. The van der Waals surface area contributed by atoms with Gasteiger partial charge in [0, 0.05) is 12.4 Å². The van der Waals surface area contributed by atoms with Crippen LogP contribution in [0.5, 0.6) is 5.75 Å². The number of pyridine rings is 3. The largest absolute Gasteiger partial charge is 0.506 e. The van der Waals surface area contributed by atoms with Crippen molar-refractivity contribution in [1.82, 2.24) is 15.0 Å². The highest BCUT2D eigenvalue weighted by atomic mass is 32.2. The maximum atomic E-state index is 13.6. The number of fused-ring (bicyclic) bond motifs is 1. The molecule has 3 heterocycles. The lowest BCUT2D eigenvalue weighted by molar-refractivity contribution is 0.0980. The molecular weight excluding hydrogens is 434 g/mol. The summed E-state index contributed by atoms with van der Waals surface area (Å²) in [4.78, 5) is 37.6. The van der Waals surface area contributed by atoms with E-state index < -0.39 is 37.8 Å². The third-order valence-electron chi connectivity index (χ3n) is 4.71. The first kappa shape index (κ1) is 21.2. The number of benzene rings is 1. The number of anilines is 1. The predicted octanol–water partition coefficient (Wildman–Crippen LogP) is 1.52. The number of aromatic amines is 1. The van der Waals surface area contributed by atoms with E-state index in [0.717, 1.165) is 4.90 Å². The number of carbonyl (C=O) groups is 1. The Bertz CT molecular complexity index is 1490. The van der Waals surface area contributed by atoms with E-state index in [4.69, 9.17) is 5.14 Å². The molecule has 0 aliphatic heterocycles. The van der Waals surface area contributed by atoms with Crippen LogP contribution in [-0.2, 0) is 16.6 Å². The van der Waals surface area contributed by atoms with Gasteiger partial charge in [-0.1, -0.05) is 30.3 Å². The SMILES string of the molecule is NS(=O)(=O)c1ncccc1N(Cc1ccccc1)C(=O)c1c(O)c2cccnc2[nH]c1=O. The molecule has 3 aromatic heterocycles. The van der Waals surface area contributed by atoms with Crippen molar-refractivity contribution in [3.8, 4) is 5.75 Å². The molecule has 0 aliphatic carbocycles. The van der Waals surface area contributed by atoms with Crippen LogP contribution < -0.4 is 15.6 Å². The standard InChI is InChI=1S/C21H17N5O5S/c22-32(30,31)20-15(9-5-11-24-20)26(12-13-6-2-1-3-7-13)21(29)16-17(27)14-8-4-10-23-18(14)25-19(16)28/h1-11H,12H2,(H2,22,30,31)(H2,23,25,27,28). The molecular formula is C21H17N5O5S. The Morgan fingerprint density at radius 3 is 2.44 bits per heavy atom. The number of rotatable bonds is 5. The lowest BCUT2D eigenvalue weighted by atomic mass is 10.1. The van der Waals surface area contributed by atoms with Gasteiger partial charge in [-0.25, -0.2) is 23.5 Å². The van der Waals surface area contributed by atoms with Gasteiger partial charge in [-0.15, -0.1) is 0 Å². The molecule has 1 aromatic carbocycles. The van der Waals surface area contributed by atoms with Gasteiger partial charge in [0.2, 0.25) is 0 Å². The second-order valence-electron chi connectivity index (χ2n) is 6.83. The van der Waals surface area contributed by atoms with Gasteiger partial charge in [-0.2, -0.15) is 0 Å². The first-order valence-corrected chi connectivity index (χ1v) is 10.9. The van der Waals surface area contributed by atoms with Crippen molar-refractivity contribution in [3.05, 3.63) is 88.5 Å². The normalized spacial score (nSPS) is 11.4. The molecule has 0 aliphatic rings. The number of carbonyl (C=O) groups excluding carboxylic acids is 1. The van der Waals surface area contributed by atoms with Crippen molar-refractivity contribution in [3.63, 3.8) is 0 Å². The molecule has 162 valence electrons. The zero-order chi connectivity index (χ0) is 22.9. The summed E-state index contributed by atoms with van der Waals surface area (Å²) in [6.45, 7) is -0.113. The second-order valence-corrected chi connectivity index (χ2v) is 8.30. The number of aromatic hydroxyl groups is 1. The topological polar surface area (TPSA) is 159 Å². The van der Waals surface area contributed by atoms with Gasteiger partial charge in [0.15, 0.2) is 5.03 Å². The average Bonchev–Trinajstić information content (AvgIpc) is 2.77. The van der Waals surface area contributed by atoms with Crippen molar-refractivity contribution >= 4 is 32.7 Å². The van der Waals surface area contributed by atoms with Crippen molar-refractivity contribution in [2.24, 2.45) is 5.14 Å². The molecule has 1 amide bonds. The number of nitrogens with two attached hydrogens (primary N) is 1. The number of H-pyrrole nitrogens is 1. The van der Waals surface area contributed by atoms with Gasteiger partial charge in [-0.05, 0) is 29.8 Å². The van der Waals surface area contributed by atoms with E-state index in [0.29, 0.717) is 5.56 Å². The summed E-state index contributed by atoms with van der Waals surface area (Å²) in [5.41, 5.74) is -0.825. The molecule has 0 bridgehead atoms. The fraction of sp³-hybridized carbons (Fsp3) is 0.0476. The summed E-state index contributed by atoms with van der Waals surface area (Å²) in [5, 5.41) is 15.7. The summed E-state index contributed by atoms with van der Waals surface area (Å²) < 4.78 is 24.3. The van der Waals surface area contributed by atoms with E-state index in [2.05, 4.69) is 15.0 Å². The minimum atomic E-state index is -4.30. The Hall–Kier alpha value is -4.09. The molecule has 0 unspecified atom stereocenters. The van der Waals surface area contributed by atoms with Crippen LogP contribution in [0.25, 0.3) is 11.0 Å². The molecule has 4 rings (SSSR count). The summed E-state index contributed by atoms with van der Waals surface area (Å²) in [7, 11) is -4.30. The number of sulfonamides is 1. The highest BCUT2D eigenvalue weighted by Crippen LogP contribution is 2.29. The molecule has 10 nitrogen and oxygen atoms in total. The van der Waals surface area contributed by atoms with E-state index in [1.54, 1.807) is 30.3 Å². The fourth-order valence-corrected chi connectivity index (χ4v) is 3.96. The lowest BCUT2D eigenvalue weighted by Crippen LogP contribution is -2.36. The summed E-state index contributed by atoms with van der Waals surface area (Å²) in [5.74, 6) is -1.50. The Morgan fingerprint density at radius 1 is 1.03 bits per heavy atom. The summed E-state index contributed by atoms with van der Waals surface area (Å²) in [6, 6.07) is 14.5. The van der Waals surface area contributed by atoms with E-state index in [-0.39, 0.29) is 23.3 Å². The van der Waals surface area contributed by atoms with Gasteiger partial charge < -0.3 is 15.0 Å². The highest BCUT2D eigenvalue weighted by Gasteiger charge is 2.30. The van der Waals surface area contributed by atoms with E-state index in [1.165, 1.54) is 36.7 Å². The quantitative estimate of drug-likeness (QED) is 0.415. The molecule has 11 heteroatoms. The smallest absolute Gasteiger partial charge is 0.268 e. The Balaban J connectivity index is 1.94. The third-order valence-corrected chi connectivity index (χ3v) is 5.57. The molecule has 32 heavy (non-hydrogen) atoms. The van der Waals surface area contributed by atoms with E-state index >= 15 is 0 Å². The molecule has 0 saturated carbocycles. The van der Waals surface area contributed by atoms with Crippen LogP contribution in [0.2, 0.25) is 0 Å². The van der Waals surface area contributed by atoms with Crippen LogP contribution in [0, 0.1) is 0 Å². The number of nitrogens with one attached hydrogen (secondary N) is 1. The highest BCUT2D eigenvalue weighted by molar-refractivity contribution is 7.89. The molecule has 0 spiro atoms. The Kier molecular flexibility index (Phi) is 5.43. The maximum Gasteiger partial charge on any atom is 0.268 e. The lowest BCUT2D eigenvalue weighted by Gasteiger charge is -2.24.